The highest BCUT2D eigenvalue weighted by Gasteiger charge is 2.32. The predicted molar refractivity (Wildman–Crippen MR) is 131 cm³/mol. The van der Waals surface area contributed by atoms with E-state index in [4.69, 9.17) is 4.74 Å². The first-order valence-electron chi connectivity index (χ1n) is 11.1. The zero-order valence-electron chi connectivity index (χ0n) is 19.1. The second kappa shape index (κ2) is 11.6. The number of hydrogen-bond donors (Lipinski definition) is 2. The maximum absolute atomic E-state index is 13.1. The molecule has 0 saturated carbocycles. The Morgan fingerprint density at radius 1 is 1.19 bits per heavy atom. The average molecular weight is 524 g/mol. The molecule has 1 aromatic carbocycles. The van der Waals surface area contributed by atoms with Gasteiger partial charge in [0.1, 0.15) is 5.69 Å². The fraction of sp³-hybridized carbons (Fsp3) is 0.409. The van der Waals surface area contributed by atoms with Gasteiger partial charge in [0.05, 0.1) is 31.2 Å². The molecule has 0 atom stereocenters. The van der Waals surface area contributed by atoms with E-state index in [1.54, 1.807) is 17.2 Å². The fourth-order valence-electron chi connectivity index (χ4n) is 3.67. The first kappa shape index (κ1) is 25.7. The molecule has 192 valence electrons. The van der Waals surface area contributed by atoms with E-state index in [0.717, 1.165) is 28.4 Å². The Balaban J connectivity index is 1.67. The van der Waals surface area contributed by atoms with Gasteiger partial charge in [-0.1, -0.05) is 16.5 Å². The Morgan fingerprint density at radius 3 is 2.72 bits per heavy atom. The minimum atomic E-state index is -4.58. The van der Waals surface area contributed by atoms with Gasteiger partial charge in [0.2, 0.25) is 5.95 Å². The van der Waals surface area contributed by atoms with E-state index < -0.39 is 11.9 Å². The average Bonchev–Trinajstić information content (AvgIpc) is 3.37. The van der Waals surface area contributed by atoms with Crippen molar-refractivity contribution in [2.75, 3.05) is 67.7 Å². The highest BCUT2D eigenvalue weighted by molar-refractivity contribution is 7.18. The smallest absolute Gasteiger partial charge is 0.395 e. The summed E-state index contributed by atoms with van der Waals surface area (Å²) in [7, 11) is 0. The number of thiazole rings is 1. The van der Waals surface area contributed by atoms with E-state index in [-0.39, 0.29) is 19.1 Å². The zero-order chi connectivity index (χ0) is 25.5. The highest BCUT2D eigenvalue weighted by Crippen LogP contribution is 2.36. The summed E-state index contributed by atoms with van der Waals surface area (Å²) in [6.07, 6.45) is -1.84. The lowest BCUT2D eigenvalue weighted by atomic mass is 10.1. The van der Waals surface area contributed by atoms with Crippen LogP contribution < -0.4 is 15.1 Å². The second-order valence-electron chi connectivity index (χ2n) is 7.83. The van der Waals surface area contributed by atoms with Gasteiger partial charge >= 0.3 is 6.18 Å². The van der Waals surface area contributed by atoms with Crippen molar-refractivity contribution in [3.8, 4) is 10.4 Å². The number of aromatic nitrogens is 3. The molecule has 3 heterocycles. The number of hydrogen-bond acceptors (Lipinski definition) is 11. The van der Waals surface area contributed by atoms with Crippen LogP contribution in [0.5, 0.6) is 0 Å². The van der Waals surface area contributed by atoms with E-state index in [1.807, 2.05) is 12.1 Å². The number of nitroso groups, excluding NO2 is 1. The number of aliphatic hydroxyl groups excluding tert-OH is 1. The number of nitrogens with one attached hydrogen (secondary N) is 1. The summed E-state index contributed by atoms with van der Waals surface area (Å²) in [6.45, 7) is 3.04. The summed E-state index contributed by atoms with van der Waals surface area (Å²) >= 11 is 1.37. The molecule has 2 aromatic heterocycles. The van der Waals surface area contributed by atoms with Gasteiger partial charge in [-0.05, 0) is 29.8 Å². The van der Waals surface area contributed by atoms with Gasteiger partial charge in [-0.2, -0.15) is 18.1 Å². The normalized spacial score (nSPS) is 14.1. The van der Waals surface area contributed by atoms with Gasteiger partial charge in [-0.15, -0.1) is 0 Å². The molecule has 1 fully saturated rings. The molecule has 0 aliphatic carbocycles. The molecule has 0 radical (unpaired) electrons. The first-order valence-corrected chi connectivity index (χ1v) is 11.9. The van der Waals surface area contributed by atoms with Crippen LogP contribution >= 0.6 is 11.3 Å². The third-order valence-corrected chi connectivity index (χ3v) is 6.48. The van der Waals surface area contributed by atoms with Crippen molar-refractivity contribution in [3.05, 3.63) is 47.3 Å². The van der Waals surface area contributed by atoms with Crippen molar-refractivity contribution in [3.63, 3.8) is 0 Å². The SMILES string of the molecule is O=NCCN(CCO)c1ncc(-c2cc(Nc3nccc(C(F)(F)F)n3)cc(N3CCOCC3)c2)s1. The molecule has 1 saturated heterocycles. The zero-order valence-corrected chi connectivity index (χ0v) is 19.9. The monoisotopic (exact) mass is 523 g/mol. The minimum Gasteiger partial charge on any atom is -0.395 e. The van der Waals surface area contributed by atoms with E-state index >= 15 is 0 Å². The van der Waals surface area contributed by atoms with Crippen molar-refractivity contribution in [2.24, 2.45) is 5.18 Å². The highest BCUT2D eigenvalue weighted by atomic mass is 32.1. The Morgan fingerprint density at radius 2 is 2.00 bits per heavy atom. The lowest BCUT2D eigenvalue weighted by Gasteiger charge is -2.29. The molecule has 14 heteroatoms. The molecule has 0 amide bonds. The Hall–Kier alpha value is -3.36. The Labute approximate surface area is 208 Å². The molecule has 1 aliphatic heterocycles. The Bertz CT molecular complexity index is 1170. The van der Waals surface area contributed by atoms with Crippen LogP contribution in [0.2, 0.25) is 0 Å². The molecule has 4 rings (SSSR count). The third kappa shape index (κ3) is 6.44. The van der Waals surface area contributed by atoms with Crippen molar-refractivity contribution in [2.45, 2.75) is 6.18 Å². The van der Waals surface area contributed by atoms with E-state index in [1.165, 1.54) is 11.3 Å². The van der Waals surface area contributed by atoms with Crippen LogP contribution in [-0.2, 0) is 10.9 Å². The number of morpholine rings is 1. The summed E-state index contributed by atoms with van der Waals surface area (Å²) in [5.74, 6) is -0.171. The van der Waals surface area contributed by atoms with Gasteiger partial charge < -0.3 is 25.0 Å². The van der Waals surface area contributed by atoms with Crippen molar-refractivity contribution in [1.29, 1.82) is 0 Å². The number of alkyl halides is 3. The molecule has 10 nitrogen and oxygen atoms in total. The number of anilines is 4. The molecular formula is C22H24F3N7O3S. The first-order chi connectivity index (χ1) is 17.4. The van der Waals surface area contributed by atoms with Gasteiger partial charge in [-0.25, -0.2) is 15.0 Å². The second-order valence-corrected chi connectivity index (χ2v) is 8.84. The topological polar surface area (TPSA) is 116 Å². The van der Waals surface area contributed by atoms with E-state index in [9.17, 15) is 23.2 Å². The van der Waals surface area contributed by atoms with Crippen LogP contribution in [0, 0.1) is 4.91 Å². The lowest BCUT2D eigenvalue weighted by molar-refractivity contribution is -0.141. The van der Waals surface area contributed by atoms with Gasteiger partial charge in [0.25, 0.3) is 0 Å². The van der Waals surface area contributed by atoms with Crippen LogP contribution in [0.4, 0.5) is 35.6 Å². The van der Waals surface area contributed by atoms with Crippen LogP contribution in [0.15, 0.2) is 41.8 Å². The van der Waals surface area contributed by atoms with E-state index in [0.29, 0.717) is 50.2 Å². The van der Waals surface area contributed by atoms with Gasteiger partial charge in [0, 0.05) is 49.9 Å². The molecule has 36 heavy (non-hydrogen) atoms. The summed E-state index contributed by atoms with van der Waals surface area (Å²) in [5, 5.41) is 15.8. The molecule has 0 bridgehead atoms. The van der Waals surface area contributed by atoms with Crippen molar-refractivity contribution in [1.82, 2.24) is 15.0 Å². The van der Waals surface area contributed by atoms with Crippen LogP contribution in [0.3, 0.4) is 0 Å². The van der Waals surface area contributed by atoms with Crippen LogP contribution in [0.25, 0.3) is 10.4 Å². The largest absolute Gasteiger partial charge is 0.433 e. The fourth-order valence-corrected chi connectivity index (χ4v) is 4.62. The lowest BCUT2D eigenvalue weighted by Crippen LogP contribution is -2.36. The maximum Gasteiger partial charge on any atom is 0.433 e. The summed E-state index contributed by atoms with van der Waals surface area (Å²) in [4.78, 5) is 27.3. The number of aliphatic hydroxyl groups is 1. The van der Waals surface area contributed by atoms with Gasteiger partial charge in [-0.3, -0.25) is 0 Å². The number of rotatable bonds is 10. The summed E-state index contributed by atoms with van der Waals surface area (Å²) in [5.41, 5.74) is 1.12. The molecule has 3 aromatic rings. The number of halogens is 3. The molecule has 2 N–H and O–H groups in total. The predicted octanol–water partition coefficient (Wildman–Crippen LogP) is 3.76. The maximum atomic E-state index is 13.1. The Kier molecular flexibility index (Phi) is 8.28. The molecule has 0 unspecified atom stereocenters. The van der Waals surface area contributed by atoms with Gasteiger partial charge in [0.15, 0.2) is 5.13 Å². The summed E-state index contributed by atoms with van der Waals surface area (Å²) < 4.78 is 44.8. The number of ether oxygens (including phenoxy) is 1. The van der Waals surface area contributed by atoms with E-state index in [2.05, 4.69) is 30.3 Å². The number of benzene rings is 1. The molecule has 0 spiro atoms. The third-order valence-electron chi connectivity index (χ3n) is 5.38. The van der Waals surface area contributed by atoms with Crippen molar-refractivity contribution < 1.29 is 23.0 Å². The van der Waals surface area contributed by atoms with Crippen molar-refractivity contribution >= 4 is 33.8 Å². The van der Waals surface area contributed by atoms with Crippen LogP contribution in [-0.4, -0.2) is 72.6 Å². The standard InChI is InChI=1S/C22H24F3N7O3S/c23-22(24,25)19-1-2-26-20(30-19)29-16-11-15(12-17(13-16)31-6-9-35-10-7-31)18-14-27-21(36-18)32(5-8-33)4-3-28-34/h1-2,11-14,33H,3-10H2,(H,26,29,30). The number of nitrogens with zero attached hydrogens (tertiary/aromatic N) is 6. The quantitative estimate of drug-likeness (QED) is 0.383. The minimum absolute atomic E-state index is 0.0620. The summed E-state index contributed by atoms with van der Waals surface area (Å²) in [6, 6.07) is 6.41. The molecular weight excluding hydrogens is 499 g/mol. The van der Waals surface area contributed by atoms with Crippen LogP contribution in [0.1, 0.15) is 5.69 Å². The molecule has 1 aliphatic rings.